The summed E-state index contributed by atoms with van der Waals surface area (Å²) in [5.74, 6) is 1.89. The molecule has 4 rings (SSSR count). The highest BCUT2D eigenvalue weighted by Crippen LogP contribution is 2.42. The molecule has 6 heteroatoms. The van der Waals surface area contributed by atoms with Crippen molar-refractivity contribution in [1.82, 2.24) is 9.80 Å². The lowest BCUT2D eigenvalue weighted by molar-refractivity contribution is 0.0643. The molecule has 1 fully saturated rings. The van der Waals surface area contributed by atoms with E-state index < -0.39 is 0 Å². The minimum Gasteiger partial charge on any atom is -0.493 e. The molecule has 2 heterocycles. The van der Waals surface area contributed by atoms with Crippen LogP contribution < -0.4 is 9.47 Å². The van der Waals surface area contributed by atoms with Gasteiger partial charge in [-0.15, -0.1) is 0 Å². The Hall–Kier alpha value is -2.86. The molecule has 0 radical (unpaired) electrons. The average Bonchev–Trinajstić information content (AvgIpc) is 2.83. The number of hydrogen-bond acceptors (Lipinski definition) is 5. The van der Waals surface area contributed by atoms with Crippen molar-refractivity contribution >= 4 is 11.6 Å². The van der Waals surface area contributed by atoms with Crippen LogP contribution >= 0.6 is 0 Å². The van der Waals surface area contributed by atoms with Gasteiger partial charge in [0.05, 0.1) is 25.5 Å². The minimum absolute atomic E-state index is 0.0614. The largest absolute Gasteiger partial charge is 0.493 e. The van der Waals surface area contributed by atoms with Crippen LogP contribution in [0.1, 0.15) is 74.0 Å². The van der Waals surface area contributed by atoms with Crippen molar-refractivity contribution in [3.05, 3.63) is 58.7 Å². The molecule has 2 atom stereocenters. The summed E-state index contributed by atoms with van der Waals surface area (Å²) in [6.07, 6.45) is 1.02. The van der Waals surface area contributed by atoms with E-state index in [1.54, 1.807) is 7.11 Å². The smallest absolute Gasteiger partial charge is 0.254 e. The number of hydrogen-bond donors (Lipinski definition) is 0. The molecule has 0 bridgehead atoms. The monoisotopic (exact) mass is 477 g/mol. The van der Waals surface area contributed by atoms with E-state index in [0.29, 0.717) is 18.1 Å². The molecule has 0 aliphatic carbocycles. The number of fused-ring (bicyclic) bond motifs is 3. The molecule has 2 aromatic rings. The van der Waals surface area contributed by atoms with Gasteiger partial charge in [0.1, 0.15) is 0 Å². The summed E-state index contributed by atoms with van der Waals surface area (Å²) in [5.41, 5.74) is 5.05. The lowest BCUT2D eigenvalue weighted by Crippen LogP contribution is -2.42. The van der Waals surface area contributed by atoms with Crippen LogP contribution in [0.15, 0.2) is 41.4 Å². The van der Waals surface area contributed by atoms with E-state index in [2.05, 4.69) is 51.8 Å². The quantitative estimate of drug-likeness (QED) is 0.564. The molecular weight excluding hydrogens is 438 g/mol. The molecule has 2 aliphatic rings. The first-order valence-corrected chi connectivity index (χ1v) is 12.8. The van der Waals surface area contributed by atoms with Gasteiger partial charge in [-0.3, -0.25) is 9.79 Å². The topological polar surface area (TPSA) is 54.4 Å². The summed E-state index contributed by atoms with van der Waals surface area (Å²) in [7, 11) is 3.87. The van der Waals surface area contributed by atoms with Gasteiger partial charge in [-0.2, -0.15) is 0 Å². The molecule has 1 saturated heterocycles. The second-order valence-corrected chi connectivity index (χ2v) is 10.2. The molecule has 0 aromatic heterocycles. The number of aliphatic imine (C=N–C) groups is 1. The van der Waals surface area contributed by atoms with Gasteiger partial charge in [-0.05, 0) is 84.5 Å². The Labute approximate surface area is 209 Å². The maximum Gasteiger partial charge on any atom is 0.254 e. The van der Waals surface area contributed by atoms with Gasteiger partial charge < -0.3 is 19.3 Å². The third-order valence-corrected chi connectivity index (χ3v) is 7.12. The number of amides is 1. The van der Waals surface area contributed by atoms with Crippen LogP contribution in [0.4, 0.5) is 0 Å². The van der Waals surface area contributed by atoms with E-state index in [-0.39, 0.29) is 24.0 Å². The molecule has 0 spiro atoms. The Morgan fingerprint density at radius 1 is 1.11 bits per heavy atom. The zero-order chi connectivity index (χ0) is 25.3. The number of carbonyl (C=O) groups excluding carboxylic acids is 1. The van der Waals surface area contributed by atoms with Crippen LogP contribution in [0.2, 0.25) is 0 Å². The maximum atomic E-state index is 13.2. The van der Waals surface area contributed by atoms with Crippen molar-refractivity contribution < 1.29 is 14.3 Å². The molecule has 0 saturated carbocycles. The van der Waals surface area contributed by atoms with Crippen molar-refractivity contribution in [2.45, 2.75) is 65.1 Å². The van der Waals surface area contributed by atoms with Crippen LogP contribution in [0, 0.1) is 0 Å². The Bertz CT molecular complexity index is 1080. The highest BCUT2D eigenvalue weighted by molar-refractivity contribution is 6.15. The van der Waals surface area contributed by atoms with Crippen molar-refractivity contribution in [3.63, 3.8) is 0 Å². The number of methoxy groups -OCH3 is 1. The fourth-order valence-corrected chi connectivity index (χ4v) is 5.53. The third kappa shape index (κ3) is 4.94. The molecule has 2 unspecified atom stereocenters. The van der Waals surface area contributed by atoms with Crippen molar-refractivity contribution in [2.24, 2.45) is 4.99 Å². The van der Waals surface area contributed by atoms with Crippen LogP contribution in [-0.4, -0.2) is 73.4 Å². The molecule has 35 heavy (non-hydrogen) atoms. The summed E-state index contributed by atoms with van der Waals surface area (Å²) in [6, 6.07) is 12.7. The minimum atomic E-state index is 0.0614. The molecule has 188 valence electrons. The predicted molar refractivity (Wildman–Crippen MR) is 141 cm³/mol. The number of nitrogens with zero attached hydrogens (tertiary/aromatic N) is 3. The van der Waals surface area contributed by atoms with E-state index in [4.69, 9.17) is 14.5 Å². The number of likely N-dealkylation sites (tertiary alicyclic amines) is 1. The molecule has 0 N–H and O–H groups in total. The van der Waals surface area contributed by atoms with Gasteiger partial charge in [0.2, 0.25) is 0 Å². The highest BCUT2D eigenvalue weighted by atomic mass is 16.5. The van der Waals surface area contributed by atoms with E-state index >= 15 is 0 Å². The maximum absolute atomic E-state index is 13.2. The van der Waals surface area contributed by atoms with Crippen LogP contribution in [0.5, 0.6) is 11.5 Å². The number of likely N-dealkylation sites (N-methyl/N-ethyl adjacent to an activating group) is 1. The zero-order valence-corrected chi connectivity index (χ0v) is 22.2. The van der Waals surface area contributed by atoms with E-state index in [0.717, 1.165) is 47.8 Å². The van der Waals surface area contributed by atoms with Crippen molar-refractivity contribution in [2.75, 3.05) is 33.9 Å². The van der Waals surface area contributed by atoms with E-state index in [1.165, 1.54) is 5.56 Å². The fraction of sp³-hybridized carbons (Fsp3) is 0.517. The normalized spacial score (nSPS) is 19.7. The first kappa shape index (κ1) is 25.2. The summed E-state index contributed by atoms with van der Waals surface area (Å²) < 4.78 is 11.6. The lowest BCUT2D eigenvalue weighted by Gasteiger charge is -2.39. The van der Waals surface area contributed by atoms with Crippen LogP contribution in [-0.2, 0) is 0 Å². The van der Waals surface area contributed by atoms with Gasteiger partial charge in [-0.25, -0.2) is 0 Å². The van der Waals surface area contributed by atoms with Gasteiger partial charge in [0.15, 0.2) is 11.5 Å². The first-order valence-electron chi connectivity index (χ1n) is 12.8. The first-order chi connectivity index (χ1) is 16.7. The number of benzene rings is 2. The van der Waals surface area contributed by atoms with Crippen LogP contribution in [0.25, 0.3) is 0 Å². The van der Waals surface area contributed by atoms with Gasteiger partial charge in [0.25, 0.3) is 5.91 Å². The average molecular weight is 478 g/mol. The SMILES string of the molecule is CCOc1cc2c(cc1OC)C1CN(C)CCC1N=C2c1ccc(C(=O)N(C(C)C)C(C)C)cc1. The highest BCUT2D eigenvalue weighted by Gasteiger charge is 2.36. The Kier molecular flexibility index (Phi) is 7.50. The molecule has 2 aliphatic heterocycles. The third-order valence-electron chi connectivity index (χ3n) is 7.12. The number of rotatable bonds is 7. The van der Waals surface area contributed by atoms with Crippen LogP contribution in [0.3, 0.4) is 0 Å². The summed E-state index contributed by atoms with van der Waals surface area (Å²) in [5, 5.41) is 0. The summed E-state index contributed by atoms with van der Waals surface area (Å²) >= 11 is 0. The Balaban J connectivity index is 1.76. The van der Waals surface area contributed by atoms with Crippen molar-refractivity contribution in [1.29, 1.82) is 0 Å². The number of carbonyl (C=O) groups is 1. The molecule has 2 aromatic carbocycles. The van der Waals surface area contributed by atoms with E-state index in [9.17, 15) is 4.79 Å². The van der Waals surface area contributed by atoms with E-state index in [1.807, 2.05) is 36.1 Å². The second kappa shape index (κ2) is 10.4. The molecular formula is C29H39N3O3. The van der Waals surface area contributed by atoms with Gasteiger partial charge in [-0.1, -0.05) is 12.1 Å². The standard InChI is InChI=1S/C29H39N3O3/c1-8-35-27-16-23-22(15-26(27)34-7)24-17-31(6)14-13-25(24)30-28(23)20-9-11-21(12-10-20)29(33)32(18(2)3)19(4)5/h9-12,15-16,18-19,24-25H,8,13-14,17H2,1-7H3. The number of ether oxygens (including phenoxy) is 2. The second-order valence-electron chi connectivity index (χ2n) is 10.2. The molecule has 6 nitrogen and oxygen atoms in total. The Morgan fingerprint density at radius 3 is 2.40 bits per heavy atom. The zero-order valence-electron chi connectivity index (χ0n) is 22.2. The Morgan fingerprint density at radius 2 is 1.80 bits per heavy atom. The predicted octanol–water partition coefficient (Wildman–Crippen LogP) is 4.99. The van der Waals surface area contributed by atoms with Gasteiger partial charge >= 0.3 is 0 Å². The summed E-state index contributed by atoms with van der Waals surface area (Å²) in [6.45, 7) is 12.8. The van der Waals surface area contributed by atoms with Gasteiger partial charge in [0, 0.05) is 41.2 Å². The summed E-state index contributed by atoms with van der Waals surface area (Å²) in [4.78, 5) is 22.8. The molecule has 1 amide bonds. The number of piperidine rings is 1. The fourth-order valence-electron chi connectivity index (χ4n) is 5.53. The lowest BCUT2D eigenvalue weighted by atomic mass is 9.79. The van der Waals surface area contributed by atoms with Crippen molar-refractivity contribution in [3.8, 4) is 11.5 Å².